The minimum absolute atomic E-state index is 0.00125. The van der Waals surface area contributed by atoms with E-state index >= 15 is 0 Å². The third kappa shape index (κ3) is 2.73. The Morgan fingerprint density at radius 3 is 2.57 bits per heavy atom. The van der Waals surface area contributed by atoms with Gasteiger partial charge in [0.15, 0.2) is 0 Å². The summed E-state index contributed by atoms with van der Waals surface area (Å²) in [5.74, 6) is -0.424. The highest BCUT2D eigenvalue weighted by molar-refractivity contribution is 5.27. The molecule has 78 valence electrons. The van der Waals surface area contributed by atoms with Crippen LogP contribution in [0.1, 0.15) is 11.1 Å². The van der Waals surface area contributed by atoms with Crippen molar-refractivity contribution < 1.29 is 13.2 Å². The number of rotatable bonds is 3. The molecule has 0 aromatic heterocycles. The first-order valence-electron chi connectivity index (χ1n) is 4.29. The van der Waals surface area contributed by atoms with Crippen molar-refractivity contribution >= 4 is 0 Å². The lowest BCUT2D eigenvalue weighted by atomic mass is 10.0. The number of hydrogen-bond acceptors (Lipinski definition) is 1. The van der Waals surface area contributed by atoms with Gasteiger partial charge in [-0.3, -0.25) is 0 Å². The molecule has 0 fully saturated rings. The summed E-state index contributed by atoms with van der Waals surface area (Å²) >= 11 is 0. The van der Waals surface area contributed by atoms with Crippen LogP contribution < -0.4 is 5.73 Å². The maximum Gasteiger partial charge on any atom is 0.253 e. The second-order valence-electron chi connectivity index (χ2n) is 3.27. The zero-order valence-corrected chi connectivity index (χ0v) is 7.81. The number of nitrogens with two attached hydrogens (primary N) is 1. The summed E-state index contributed by atoms with van der Waals surface area (Å²) in [6.07, 6.45) is -2.57. The number of aryl methyl sites for hydroxylation is 1. The van der Waals surface area contributed by atoms with Gasteiger partial charge in [-0.15, -0.1) is 0 Å². The maximum atomic E-state index is 12.8. The Balaban J connectivity index is 2.80. The number of halogens is 3. The van der Waals surface area contributed by atoms with Gasteiger partial charge in [0.25, 0.3) is 6.43 Å². The lowest BCUT2D eigenvalue weighted by Gasteiger charge is -2.12. The van der Waals surface area contributed by atoms with E-state index < -0.39 is 18.3 Å². The van der Waals surface area contributed by atoms with Crippen LogP contribution >= 0.6 is 0 Å². The highest BCUT2D eigenvalue weighted by atomic mass is 19.3. The van der Waals surface area contributed by atoms with E-state index in [1.165, 1.54) is 12.1 Å². The summed E-state index contributed by atoms with van der Waals surface area (Å²) in [5, 5.41) is 0. The molecule has 0 radical (unpaired) electrons. The first-order valence-corrected chi connectivity index (χ1v) is 4.29. The fraction of sp³-hybridized carbons (Fsp3) is 0.400. The Morgan fingerprint density at radius 2 is 2.00 bits per heavy atom. The molecular formula is C10H12F3N. The molecule has 0 saturated carbocycles. The maximum absolute atomic E-state index is 12.8. The van der Waals surface area contributed by atoms with E-state index in [2.05, 4.69) is 0 Å². The van der Waals surface area contributed by atoms with Crippen molar-refractivity contribution in [1.29, 1.82) is 0 Å². The lowest BCUT2D eigenvalue weighted by molar-refractivity contribution is 0.116. The van der Waals surface area contributed by atoms with Gasteiger partial charge in [0.2, 0.25) is 0 Å². The van der Waals surface area contributed by atoms with E-state index in [9.17, 15) is 13.2 Å². The van der Waals surface area contributed by atoms with Crippen LogP contribution in [0.3, 0.4) is 0 Å². The van der Waals surface area contributed by atoms with Crippen LogP contribution in [0.15, 0.2) is 18.2 Å². The monoisotopic (exact) mass is 203 g/mol. The quantitative estimate of drug-likeness (QED) is 0.801. The summed E-state index contributed by atoms with van der Waals surface area (Å²) in [7, 11) is 0. The predicted octanol–water partition coefficient (Wildman–Crippen LogP) is 2.27. The van der Waals surface area contributed by atoms with Crippen LogP contribution in [0, 0.1) is 12.7 Å². The summed E-state index contributed by atoms with van der Waals surface area (Å²) in [6, 6.07) is 2.88. The van der Waals surface area contributed by atoms with Gasteiger partial charge < -0.3 is 5.73 Å². The molecule has 0 spiro atoms. The molecule has 0 saturated heterocycles. The topological polar surface area (TPSA) is 26.0 Å². The molecule has 2 N–H and O–H groups in total. The Labute approximate surface area is 80.7 Å². The molecule has 4 heteroatoms. The van der Waals surface area contributed by atoms with Gasteiger partial charge in [-0.05, 0) is 36.6 Å². The molecule has 1 aromatic carbocycles. The normalized spacial score (nSPS) is 13.3. The van der Waals surface area contributed by atoms with Gasteiger partial charge in [0.05, 0.1) is 6.04 Å². The third-order valence-electron chi connectivity index (χ3n) is 2.09. The highest BCUT2D eigenvalue weighted by Gasteiger charge is 2.16. The van der Waals surface area contributed by atoms with E-state index in [4.69, 9.17) is 5.73 Å². The molecule has 1 atom stereocenters. The molecule has 0 amide bonds. The fourth-order valence-electron chi connectivity index (χ4n) is 1.20. The van der Waals surface area contributed by atoms with Crippen LogP contribution in [0.5, 0.6) is 0 Å². The smallest absolute Gasteiger partial charge is 0.253 e. The summed E-state index contributed by atoms with van der Waals surface area (Å²) in [6.45, 7) is 1.74. The highest BCUT2D eigenvalue weighted by Crippen LogP contribution is 2.14. The first-order chi connectivity index (χ1) is 6.50. The minimum Gasteiger partial charge on any atom is -0.323 e. The molecule has 1 unspecified atom stereocenters. The Hall–Kier alpha value is -1.03. The van der Waals surface area contributed by atoms with E-state index in [1.54, 1.807) is 13.0 Å². The van der Waals surface area contributed by atoms with Crippen molar-refractivity contribution in [2.45, 2.75) is 25.8 Å². The molecule has 14 heavy (non-hydrogen) atoms. The molecule has 1 nitrogen and oxygen atoms in total. The average molecular weight is 203 g/mol. The molecule has 0 bridgehead atoms. The van der Waals surface area contributed by atoms with Gasteiger partial charge >= 0.3 is 0 Å². The van der Waals surface area contributed by atoms with E-state index in [1.807, 2.05) is 0 Å². The van der Waals surface area contributed by atoms with Gasteiger partial charge in [-0.1, -0.05) is 6.07 Å². The largest absolute Gasteiger partial charge is 0.323 e. The zero-order chi connectivity index (χ0) is 10.7. The summed E-state index contributed by atoms with van der Waals surface area (Å²) in [5.41, 5.74) is 6.51. The van der Waals surface area contributed by atoms with Gasteiger partial charge in [-0.25, -0.2) is 13.2 Å². The van der Waals surface area contributed by atoms with E-state index in [0.717, 1.165) is 5.56 Å². The number of hydrogen-bond donors (Lipinski definition) is 1. The zero-order valence-electron chi connectivity index (χ0n) is 7.81. The average Bonchev–Trinajstić information content (AvgIpc) is 2.11. The molecule has 0 aliphatic carbocycles. The van der Waals surface area contributed by atoms with Crippen molar-refractivity contribution in [3.63, 3.8) is 0 Å². The Bertz CT molecular complexity index is 312. The van der Waals surface area contributed by atoms with Crippen molar-refractivity contribution in [1.82, 2.24) is 0 Å². The van der Waals surface area contributed by atoms with E-state index in [-0.39, 0.29) is 6.42 Å². The third-order valence-corrected chi connectivity index (χ3v) is 2.09. The molecule has 1 rings (SSSR count). The van der Waals surface area contributed by atoms with Crippen LogP contribution in [0.25, 0.3) is 0 Å². The molecule has 0 heterocycles. The minimum atomic E-state index is -2.57. The molecule has 0 aliphatic rings. The SMILES string of the molecule is Cc1ccc(F)cc1CC(N)C(F)F. The lowest BCUT2D eigenvalue weighted by Crippen LogP contribution is -2.31. The molecule has 0 aliphatic heterocycles. The first kappa shape index (κ1) is 11.0. The molecular weight excluding hydrogens is 191 g/mol. The Kier molecular flexibility index (Phi) is 3.52. The van der Waals surface area contributed by atoms with Gasteiger partial charge in [-0.2, -0.15) is 0 Å². The van der Waals surface area contributed by atoms with Crippen LogP contribution in [0.4, 0.5) is 13.2 Å². The second kappa shape index (κ2) is 4.46. The standard InChI is InChI=1S/C10H12F3N/c1-6-2-3-8(11)4-7(6)5-9(14)10(12)13/h2-4,9-10H,5,14H2,1H3. The van der Waals surface area contributed by atoms with Crippen LogP contribution in [-0.2, 0) is 6.42 Å². The van der Waals surface area contributed by atoms with Gasteiger partial charge in [0.1, 0.15) is 5.82 Å². The number of alkyl halides is 2. The van der Waals surface area contributed by atoms with Crippen molar-refractivity contribution in [2.75, 3.05) is 0 Å². The summed E-state index contributed by atoms with van der Waals surface area (Å²) in [4.78, 5) is 0. The van der Waals surface area contributed by atoms with Crippen molar-refractivity contribution in [2.24, 2.45) is 5.73 Å². The van der Waals surface area contributed by atoms with E-state index in [0.29, 0.717) is 5.56 Å². The van der Waals surface area contributed by atoms with Crippen molar-refractivity contribution in [3.05, 3.63) is 35.1 Å². The van der Waals surface area contributed by atoms with Crippen molar-refractivity contribution in [3.8, 4) is 0 Å². The Morgan fingerprint density at radius 1 is 1.36 bits per heavy atom. The number of benzene rings is 1. The fourth-order valence-corrected chi connectivity index (χ4v) is 1.20. The predicted molar refractivity (Wildman–Crippen MR) is 48.8 cm³/mol. The van der Waals surface area contributed by atoms with Gasteiger partial charge in [0, 0.05) is 0 Å². The van der Waals surface area contributed by atoms with Crippen LogP contribution in [-0.4, -0.2) is 12.5 Å². The van der Waals surface area contributed by atoms with Crippen LogP contribution in [0.2, 0.25) is 0 Å². The molecule has 1 aromatic rings. The second-order valence-corrected chi connectivity index (χ2v) is 3.27. The summed E-state index contributed by atoms with van der Waals surface area (Å²) < 4.78 is 37.0.